The van der Waals surface area contributed by atoms with Gasteiger partial charge in [-0.2, -0.15) is 0 Å². The lowest BCUT2D eigenvalue weighted by atomic mass is 9.98. The second-order valence-electron chi connectivity index (χ2n) is 5.73. The number of nitrogens with one attached hydrogen (secondary N) is 1. The van der Waals surface area contributed by atoms with Gasteiger partial charge in [-0.1, -0.05) is 6.92 Å². The minimum Gasteiger partial charge on any atom is -0.310 e. The van der Waals surface area contributed by atoms with E-state index in [1.807, 2.05) is 0 Å². The van der Waals surface area contributed by atoms with Crippen LogP contribution in [0, 0.1) is 0 Å². The Morgan fingerprint density at radius 1 is 1.53 bits per heavy atom. The van der Waals surface area contributed by atoms with Crippen molar-refractivity contribution in [3.63, 3.8) is 0 Å². The van der Waals surface area contributed by atoms with Gasteiger partial charge in [0, 0.05) is 36.4 Å². The van der Waals surface area contributed by atoms with Crippen LogP contribution in [0.4, 0.5) is 0 Å². The zero-order valence-corrected chi connectivity index (χ0v) is 12.5. The van der Waals surface area contributed by atoms with Crippen LogP contribution in [-0.2, 0) is 6.54 Å². The predicted octanol–water partition coefficient (Wildman–Crippen LogP) is 2.36. The van der Waals surface area contributed by atoms with Crippen molar-refractivity contribution in [2.24, 2.45) is 0 Å². The Hall–Kier alpha value is -0.910. The molecule has 1 aliphatic rings. The van der Waals surface area contributed by atoms with E-state index in [-0.39, 0.29) is 5.54 Å². The summed E-state index contributed by atoms with van der Waals surface area (Å²) in [5, 5.41) is 5.76. The molecular weight excluding hydrogens is 256 g/mol. The van der Waals surface area contributed by atoms with E-state index in [2.05, 4.69) is 46.2 Å². The third-order valence-corrected chi connectivity index (χ3v) is 4.86. The zero-order chi connectivity index (χ0) is 13.3. The van der Waals surface area contributed by atoms with Gasteiger partial charge in [0.15, 0.2) is 4.96 Å². The fourth-order valence-corrected chi connectivity index (χ4v) is 3.49. The van der Waals surface area contributed by atoms with Crippen LogP contribution in [0.2, 0.25) is 0 Å². The summed E-state index contributed by atoms with van der Waals surface area (Å²) < 4.78 is 2.12. The SMILES string of the molecule is CCC1(C)CN(Cc2cn3ccsc3n2)CCCN1. The van der Waals surface area contributed by atoms with Gasteiger partial charge < -0.3 is 5.32 Å². The molecule has 0 amide bonds. The van der Waals surface area contributed by atoms with E-state index in [0.717, 1.165) is 31.1 Å². The zero-order valence-electron chi connectivity index (χ0n) is 11.7. The highest BCUT2D eigenvalue weighted by molar-refractivity contribution is 7.15. The number of fused-ring (bicyclic) bond motifs is 1. The van der Waals surface area contributed by atoms with Crippen LogP contribution in [0.5, 0.6) is 0 Å². The summed E-state index contributed by atoms with van der Waals surface area (Å²) in [6.45, 7) is 8.95. The molecule has 0 aromatic carbocycles. The smallest absolute Gasteiger partial charge is 0.193 e. The fourth-order valence-electron chi connectivity index (χ4n) is 2.77. The van der Waals surface area contributed by atoms with Gasteiger partial charge in [-0.3, -0.25) is 9.30 Å². The van der Waals surface area contributed by atoms with E-state index in [1.54, 1.807) is 11.3 Å². The Labute approximate surface area is 118 Å². The van der Waals surface area contributed by atoms with Gasteiger partial charge >= 0.3 is 0 Å². The Kier molecular flexibility index (Phi) is 3.60. The summed E-state index contributed by atoms with van der Waals surface area (Å²) in [7, 11) is 0. The van der Waals surface area contributed by atoms with E-state index < -0.39 is 0 Å². The number of aromatic nitrogens is 2. The van der Waals surface area contributed by atoms with E-state index in [1.165, 1.54) is 18.5 Å². The first-order chi connectivity index (χ1) is 9.18. The van der Waals surface area contributed by atoms with E-state index in [9.17, 15) is 0 Å². The number of rotatable bonds is 3. The van der Waals surface area contributed by atoms with Crippen molar-refractivity contribution in [1.29, 1.82) is 0 Å². The molecule has 1 unspecified atom stereocenters. The average molecular weight is 278 g/mol. The van der Waals surface area contributed by atoms with Crippen molar-refractivity contribution in [3.8, 4) is 0 Å². The first-order valence-corrected chi connectivity index (χ1v) is 7.95. The van der Waals surface area contributed by atoms with Gasteiger partial charge in [0.2, 0.25) is 0 Å². The second-order valence-corrected chi connectivity index (χ2v) is 6.60. The van der Waals surface area contributed by atoms with Gasteiger partial charge in [0.1, 0.15) is 0 Å². The molecule has 1 aliphatic heterocycles. The molecule has 0 spiro atoms. The number of imidazole rings is 1. The van der Waals surface area contributed by atoms with Crippen LogP contribution in [-0.4, -0.2) is 39.5 Å². The van der Waals surface area contributed by atoms with Gasteiger partial charge in [0.25, 0.3) is 0 Å². The van der Waals surface area contributed by atoms with Crippen LogP contribution in [0.25, 0.3) is 4.96 Å². The maximum atomic E-state index is 4.69. The molecule has 2 aromatic rings. The third-order valence-electron chi connectivity index (χ3n) is 4.08. The molecule has 3 rings (SSSR count). The average Bonchev–Trinajstić information content (AvgIpc) is 2.89. The van der Waals surface area contributed by atoms with Crippen molar-refractivity contribution < 1.29 is 0 Å². The predicted molar refractivity (Wildman–Crippen MR) is 79.7 cm³/mol. The molecule has 1 fully saturated rings. The molecule has 19 heavy (non-hydrogen) atoms. The number of hydrogen-bond acceptors (Lipinski definition) is 4. The molecule has 0 aliphatic carbocycles. The van der Waals surface area contributed by atoms with Crippen LogP contribution < -0.4 is 5.32 Å². The summed E-state index contributed by atoms with van der Waals surface area (Å²) in [6.07, 6.45) is 6.63. The van der Waals surface area contributed by atoms with Gasteiger partial charge in [-0.05, 0) is 32.9 Å². The van der Waals surface area contributed by atoms with Crippen LogP contribution in [0.1, 0.15) is 32.4 Å². The van der Waals surface area contributed by atoms with Crippen molar-refractivity contribution in [2.75, 3.05) is 19.6 Å². The minimum absolute atomic E-state index is 0.244. The molecule has 1 saturated heterocycles. The maximum Gasteiger partial charge on any atom is 0.193 e. The third kappa shape index (κ3) is 2.83. The Morgan fingerprint density at radius 3 is 3.21 bits per heavy atom. The lowest BCUT2D eigenvalue weighted by molar-refractivity contribution is 0.207. The van der Waals surface area contributed by atoms with Crippen LogP contribution in [0.3, 0.4) is 0 Å². The monoisotopic (exact) mass is 278 g/mol. The highest BCUT2D eigenvalue weighted by Gasteiger charge is 2.27. The van der Waals surface area contributed by atoms with Crippen LogP contribution in [0.15, 0.2) is 17.8 Å². The lowest BCUT2D eigenvalue weighted by Gasteiger charge is -2.32. The highest BCUT2D eigenvalue weighted by atomic mass is 32.1. The Morgan fingerprint density at radius 2 is 2.42 bits per heavy atom. The van der Waals surface area contributed by atoms with Crippen molar-refractivity contribution in [1.82, 2.24) is 19.6 Å². The molecule has 1 N–H and O–H groups in total. The topological polar surface area (TPSA) is 32.6 Å². The summed E-state index contributed by atoms with van der Waals surface area (Å²) in [5.41, 5.74) is 1.43. The lowest BCUT2D eigenvalue weighted by Crippen LogP contribution is -2.48. The molecule has 0 saturated carbocycles. The summed E-state index contributed by atoms with van der Waals surface area (Å²) >= 11 is 1.70. The number of nitrogens with zero attached hydrogens (tertiary/aromatic N) is 3. The minimum atomic E-state index is 0.244. The van der Waals surface area contributed by atoms with Gasteiger partial charge in [-0.15, -0.1) is 11.3 Å². The van der Waals surface area contributed by atoms with Gasteiger partial charge in [-0.25, -0.2) is 4.98 Å². The van der Waals surface area contributed by atoms with E-state index in [4.69, 9.17) is 4.98 Å². The summed E-state index contributed by atoms with van der Waals surface area (Å²) in [5.74, 6) is 0. The van der Waals surface area contributed by atoms with E-state index in [0.29, 0.717) is 0 Å². The highest BCUT2D eigenvalue weighted by Crippen LogP contribution is 2.18. The van der Waals surface area contributed by atoms with Crippen LogP contribution >= 0.6 is 11.3 Å². The molecule has 1 atom stereocenters. The molecule has 5 heteroatoms. The molecule has 0 bridgehead atoms. The van der Waals surface area contributed by atoms with Crippen molar-refractivity contribution in [2.45, 2.75) is 38.8 Å². The molecule has 0 radical (unpaired) electrons. The Bertz CT molecular complexity index is 518. The quantitative estimate of drug-likeness (QED) is 0.935. The second kappa shape index (κ2) is 5.23. The standard InChI is InChI=1S/C14H22N4S/c1-3-14(2)11-17(6-4-5-15-14)9-12-10-18-7-8-19-13(18)16-12/h7-8,10,15H,3-6,9,11H2,1-2H3. The molecule has 104 valence electrons. The maximum absolute atomic E-state index is 4.69. The Balaban J connectivity index is 1.72. The first kappa shape index (κ1) is 13.1. The molecular formula is C14H22N4S. The molecule has 2 aromatic heterocycles. The van der Waals surface area contributed by atoms with Crippen molar-refractivity contribution >= 4 is 16.3 Å². The van der Waals surface area contributed by atoms with Gasteiger partial charge in [0.05, 0.1) is 5.69 Å². The molecule has 4 nitrogen and oxygen atoms in total. The normalized spacial score (nSPS) is 25.8. The summed E-state index contributed by atoms with van der Waals surface area (Å²) in [6, 6.07) is 0. The first-order valence-electron chi connectivity index (χ1n) is 7.07. The summed E-state index contributed by atoms with van der Waals surface area (Å²) in [4.78, 5) is 8.33. The largest absolute Gasteiger partial charge is 0.310 e. The fraction of sp³-hybridized carbons (Fsp3) is 0.643. The number of hydrogen-bond donors (Lipinski definition) is 1. The van der Waals surface area contributed by atoms with E-state index >= 15 is 0 Å². The number of thiazole rings is 1. The molecule has 3 heterocycles. The van der Waals surface area contributed by atoms with Crippen molar-refractivity contribution in [3.05, 3.63) is 23.5 Å².